The predicted octanol–water partition coefficient (Wildman–Crippen LogP) is 0.544. The third-order valence-electron chi connectivity index (χ3n) is 6.59. The number of nitrogens with zero attached hydrogens (tertiary/aromatic N) is 2. The first kappa shape index (κ1) is 25.2. The van der Waals surface area contributed by atoms with E-state index in [1.165, 1.54) is 18.1 Å². The van der Waals surface area contributed by atoms with Crippen molar-refractivity contribution >= 4 is 23.8 Å². The summed E-state index contributed by atoms with van der Waals surface area (Å²) in [6.07, 6.45) is -1.05. The van der Waals surface area contributed by atoms with Crippen LogP contribution in [0.2, 0.25) is 0 Å². The van der Waals surface area contributed by atoms with E-state index in [1.807, 2.05) is 12.1 Å². The first-order valence-electron chi connectivity index (χ1n) is 12.2. The molecule has 12 heteroatoms. The summed E-state index contributed by atoms with van der Waals surface area (Å²) in [7, 11) is 1.47. The number of nitrogens with one attached hydrogen (secondary N) is 2. The number of cyclic esters (lactones) is 1. The number of fused-ring (bicyclic) bond motifs is 7. The minimum atomic E-state index is -0.538. The monoisotopic (exact) mass is 524 g/mol. The molecule has 0 aliphatic carbocycles. The van der Waals surface area contributed by atoms with Gasteiger partial charge in [0.25, 0.3) is 11.8 Å². The summed E-state index contributed by atoms with van der Waals surface area (Å²) in [6, 6.07) is 11.3. The lowest BCUT2D eigenvalue weighted by Crippen LogP contribution is -2.45. The largest absolute Gasteiger partial charge is 0.493 e. The minimum absolute atomic E-state index is 0.105. The number of ether oxygens (including phenoxy) is 4. The Balaban J connectivity index is 1.40. The van der Waals surface area contributed by atoms with Gasteiger partial charge in [0, 0.05) is 18.7 Å². The van der Waals surface area contributed by atoms with Crippen LogP contribution in [-0.2, 0) is 20.9 Å². The standard InChI is InChI=1S/C26H28N4O8/c1-35-20-7-4-17-10-21(20)37-15-23(31)27-11-16-2-5-18(6-3-16)38-22-13-30(12-19(22)28-25(17)33)24(32)14-29-8-9-36-26(29)34/h2-7,10,19,22H,8-9,11-15H2,1H3,(H,27,31)(H,28,33)/t19-,22-/m0/s1. The average molecular weight is 525 g/mol. The Kier molecular flexibility index (Phi) is 7.20. The van der Waals surface area contributed by atoms with Crippen LogP contribution in [0.25, 0.3) is 0 Å². The molecule has 4 aliphatic rings. The predicted molar refractivity (Wildman–Crippen MR) is 132 cm³/mol. The van der Waals surface area contributed by atoms with E-state index in [4.69, 9.17) is 18.9 Å². The van der Waals surface area contributed by atoms with Gasteiger partial charge in [-0.2, -0.15) is 0 Å². The van der Waals surface area contributed by atoms with Crippen molar-refractivity contribution in [1.82, 2.24) is 20.4 Å². The van der Waals surface area contributed by atoms with E-state index in [0.717, 1.165) is 5.56 Å². The van der Waals surface area contributed by atoms with Crippen LogP contribution in [0.1, 0.15) is 15.9 Å². The number of amides is 4. The molecule has 2 N–H and O–H groups in total. The Morgan fingerprint density at radius 3 is 2.63 bits per heavy atom. The average Bonchev–Trinajstić information content (AvgIpc) is 3.51. The molecule has 4 amide bonds. The maximum absolute atomic E-state index is 13.2. The number of likely N-dealkylation sites (tertiary alicyclic amines) is 1. The van der Waals surface area contributed by atoms with Crippen molar-refractivity contribution < 1.29 is 38.1 Å². The van der Waals surface area contributed by atoms with Crippen LogP contribution >= 0.6 is 0 Å². The van der Waals surface area contributed by atoms with Crippen molar-refractivity contribution in [3.05, 3.63) is 53.6 Å². The summed E-state index contributed by atoms with van der Waals surface area (Å²) in [4.78, 5) is 53.3. The first-order valence-corrected chi connectivity index (χ1v) is 12.2. The molecule has 0 aromatic heterocycles. The molecule has 4 aliphatic heterocycles. The molecule has 0 radical (unpaired) electrons. The van der Waals surface area contributed by atoms with Gasteiger partial charge in [-0.05, 0) is 35.9 Å². The lowest BCUT2D eigenvalue weighted by Gasteiger charge is -2.21. The number of carbonyl (C=O) groups is 4. The number of hydrogen-bond donors (Lipinski definition) is 2. The second-order valence-corrected chi connectivity index (χ2v) is 9.15. The van der Waals surface area contributed by atoms with Gasteiger partial charge >= 0.3 is 6.09 Å². The number of benzene rings is 2. The highest BCUT2D eigenvalue weighted by Crippen LogP contribution is 2.28. The number of methoxy groups -OCH3 is 1. The van der Waals surface area contributed by atoms with Crippen molar-refractivity contribution in [2.75, 3.05) is 46.5 Å². The number of carbonyl (C=O) groups excluding carboxylic acids is 4. The zero-order valence-corrected chi connectivity index (χ0v) is 20.8. The van der Waals surface area contributed by atoms with Crippen LogP contribution < -0.4 is 24.8 Å². The highest BCUT2D eigenvalue weighted by Gasteiger charge is 2.39. The molecule has 12 nitrogen and oxygen atoms in total. The van der Waals surface area contributed by atoms with Crippen LogP contribution in [0.5, 0.6) is 17.2 Å². The topological polar surface area (TPSA) is 136 Å². The van der Waals surface area contributed by atoms with Crippen LogP contribution in [0.3, 0.4) is 0 Å². The summed E-state index contributed by atoms with van der Waals surface area (Å²) >= 11 is 0. The van der Waals surface area contributed by atoms with E-state index in [9.17, 15) is 19.2 Å². The van der Waals surface area contributed by atoms with Gasteiger partial charge in [-0.3, -0.25) is 19.3 Å². The highest BCUT2D eigenvalue weighted by molar-refractivity contribution is 5.95. The summed E-state index contributed by atoms with van der Waals surface area (Å²) < 4.78 is 22.1. The molecule has 4 heterocycles. The van der Waals surface area contributed by atoms with Crippen LogP contribution in [0.15, 0.2) is 42.5 Å². The number of rotatable bonds is 3. The molecule has 0 saturated carbocycles. The molecule has 200 valence electrons. The Labute approximate surface area is 218 Å². The van der Waals surface area contributed by atoms with Crippen molar-refractivity contribution in [3.63, 3.8) is 0 Å². The van der Waals surface area contributed by atoms with Gasteiger partial charge < -0.3 is 34.5 Å². The van der Waals surface area contributed by atoms with Crippen molar-refractivity contribution in [2.24, 2.45) is 0 Å². The fourth-order valence-corrected chi connectivity index (χ4v) is 4.51. The molecule has 6 rings (SSSR count). The number of hydrogen-bond acceptors (Lipinski definition) is 8. The van der Waals surface area contributed by atoms with E-state index < -0.39 is 24.1 Å². The van der Waals surface area contributed by atoms with Gasteiger partial charge in [0.1, 0.15) is 25.0 Å². The zero-order valence-electron chi connectivity index (χ0n) is 20.8. The minimum Gasteiger partial charge on any atom is -0.493 e. The van der Waals surface area contributed by atoms with E-state index in [1.54, 1.807) is 29.2 Å². The third kappa shape index (κ3) is 5.58. The third-order valence-corrected chi connectivity index (χ3v) is 6.59. The van der Waals surface area contributed by atoms with Gasteiger partial charge in [-0.1, -0.05) is 12.1 Å². The second-order valence-electron chi connectivity index (χ2n) is 9.15. The molecule has 2 atom stereocenters. The van der Waals surface area contributed by atoms with Gasteiger partial charge in [0.05, 0.1) is 26.2 Å². The molecule has 2 saturated heterocycles. The molecular formula is C26H28N4O8. The maximum atomic E-state index is 13.2. The lowest BCUT2D eigenvalue weighted by atomic mass is 10.1. The smallest absolute Gasteiger partial charge is 0.410 e. The Hall–Kier alpha value is -4.48. The van der Waals surface area contributed by atoms with E-state index in [2.05, 4.69) is 10.6 Å². The van der Waals surface area contributed by atoms with Crippen LogP contribution in [0.4, 0.5) is 4.79 Å². The fraction of sp³-hybridized carbons (Fsp3) is 0.385. The first-order chi connectivity index (χ1) is 18.4. The molecule has 2 fully saturated rings. The quantitative estimate of drug-likeness (QED) is 0.594. The van der Waals surface area contributed by atoms with Crippen molar-refractivity contribution in [3.8, 4) is 17.2 Å². The molecule has 2 aromatic carbocycles. The fourth-order valence-electron chi connectivity index (χ4n) is 4.51. The molecular weight excluding hydrogens is 496 g/mol. The Morgan fingerprint density at radius 1 is 1.08 bits per heavy atom. The summed E-state index contributed by atoms with van der Waals surface area (Å²) in [5.74, 6) is 0.188. The molecule has 0 spiro atoms. The van der Waals surface area contributed by atoms with Gasteiger partial charge in [-0.15, -0.1) is 0 Å². The summed E-state index contributed by atoms with van der Waals surface area (Å²) in [6.45, 7) is 0.973. The van der Waals surface area contributed by atoms with Crippen LogP contribution in [0, 0.1) is 0 Å². The molecule has 0 unspecified atom stereocenters. The van der Waals surface area contributed by atoms with E-state index >= 15 is 0 Å². The van der Waals surface area contributed by atoms with Crippen molar-refractivity contribution in [2.45, 2.75) is 18.7 Å². The van der Waals surface area contributed by atoms with Crippen LogP contribution in [-0.4, -0.2) is 92.3 Å². The summed E-state index contributed by atoms with van der Waals surface area (Å²) in [5, 5.41) is 5.76. The zero-order chi connectivity index (χ0) is 26.6. The Bertz CT molecular complexity index is 1230. The SMILES string of the molecule is COc1ccc2cc1OCC(=O)NCc1ccc(cc1)O[C@H]1CN(C(=O)CN3CCOC3=O)C[C@@H]1NC2=O. The molecule has 38 heavy (non-hydrogen) atoms. The van der Waals surface area contributed by atoms with E-state index in [-0.39, 0.29) is 56.0 Å². The highest BCUT2D eigenvalue weighted by atomic mass is 16.6. The van der Waals surface area contributed by atoms with Gasteiger partial charge in [0.2, 0.25) is 5.91 Å². The summed E-state index contributed by atoms with van der Waals surface area (Å²) in [5.41, 5.74) is 1.15. The van der Waals surface area contributed by atoms with Gasteiger partial charge in [-0.25, -0.2) is 4.79 Å². The maximum Gasteiger partial charge on any atom is 0.410 e. The second kappa shape index (κ2) is 10.9. The van der Waals surface area contributed by atoms with E-state index in [0.29, 0.717) is 24.6 Å². The Morgan fingerprint density at radius 2 is 1.89 bits per heavy atom. The molecule has 4 bridgehead atoms. The van der Waals surface area contributed by atoms with Crippen molar-refractivity contribution in [1.29, 1.82) is 0 Å². The lowest BCUT2D eigenvalue weighted by molar-refractivity contribution is -0.131. The van der Waals surface area contributed by atoms with Gasteiger partial charge in [0.15, 0.2) is 18.1 Å². The molecule has 2 aromatic rings. The normalized spacial score (nSPS) is 21.4.